The fraction of sp³-hybridized carbons (Fsp3) is 0.800. The van der Waals surface area contributed by atoms with Crippen molar-refractivity contribution in [2.24, 2.45) is 5.41 Å². The van der Waals surface area contributed by atoms with Crippen LogP contribution in [0.25, 0.3) is 0 Å². The van der Waals surface area contributed by atoms with E-state index in [4.69, 9.17) is 9.84 Å². The smallest absolute Gasteiger partial charge is 0.328 e. The summed E-state index contributed by atoms with van der Waals surface area (Å²) >= 11 is 0. The summed E-state index contributed by atoms with van der Waals surface area (Å²) in [4.78, 5) is 23.8. The van der Waals surface area contributed by atoms with E-state index in [1.54, 1.807) is 0 Å². The number of nitrogens with zero attached hydrogens (tertiary/aromatic N) is 1. The average molecular weight is 215 g/mol. The molecule has 1 saturated heterocycles. The molecule has 1 atom stereocenters. The van der Waals surface area contributed by atoms with Gasteiger partial charge in [0, 0.05) is 6.54 Å². The van der Waals surface area contributed by atoms with Crippen LogP contribution in [0.2, 0.25) is 0 Å². The maximum Gasteiger partial charge on any atom is 0.328 e. The highest BCUT2D eigenvalue weighted by atomic mass is 16.5. The number of carbonyl (C=O) groups is 2. The zero-order chi connectivity index (χ0) is 11.6. The number of carboxylic acid groups (broad SMARTS) is 1. The van der Waals surface area contributed by atoms with Gasteiger partial charge in [0.25, 0.3) is 0 Å². The van der Waals surface area contributed by atoms with Crippen LogP contribution in [0, 0.1) is 5.41 Å². The third kappa shape index (κ3) is 3.20. The lowest BCUT2D eigenvalue weighted by Crippen LogP contribution is -2.55. The van der Waals surface area contributed by atoms with Crippen molar-refractivity contribution in [1.29, 1.82) is 0 Å². The van der Waals surface area contributed by atoms with E-state index in [0.717, 1.165) is 0 Å². The molecule has 0 radical (unpaired) electrons. The van der Waals surface area contributed by atoms with Crippen LogP contribution in [0.4, 0.5) is 0 Å². The quantitative estimate of drug-likeness (QED) is 0.721. The number of hydrogen-bond donors (Lipinski definition) is 1. The van der Waals surface area contributed by atoms with E-state index >= 15 is 0 Å². The summed E-state index contributed by atoms with van der Waals surface area (Å²) < 4.78 is 4.93. The Labute approximate surface area is 89.0 Å². The maximum absolute atomic E-state index is 11.5. The first-order chi connectivity index (χ1) is 6.81. The molecule has 86 valence electrons. The van der Waals surface area contributed by atoms with Gasteiger partial charge in [-0.05, 0) is 5.41 Å². The van der Waals surface area contributed by atoms with E-state index in [9.17, 15) is 9.59 Å². The Morgan fingerprint density at radius 3 is 2.67 bits per heavy atom. The molecule has 1 N–H and O–H groups in total. The predicted molar refractivity (Wildman–Crippen MR) is 53.4 cm³/mol. The van der Waals surface area contributed by atoms with Gasteiger partial charge in [0.2, 0.25) is 5.91 Å². The number of ether oxygens (including phenoxy) is 1. The molecule has 0 aliphatic carbocycles. The van der Waals surface area contributed by atoms with Gasteiger partial charge in [-0.2, -0.15) is 0 Å². The van der Waals surface area contributed by atoms with Crippen LogP contribution in [-0.2, 0) is 14.3 Å². The Hall–Kier alpha value is -1.10. The van der Waals surface area contributed by atoms with E-state index < -0.39 is 12.0 Å². The number of morpholine rings is 1. The monoisotopic (exact) mass is 215 g/mol. The molecule has 0 bridgehead atoms. The molecule has 0 aromatic rings. The van der Waals surface area contributed by atoms with Gasteiger partial charge in [-0.1, -0.05) is 20.8 Å². The first kappa shape index (κ1) is 12.0. The molecule has 1 rings (SSSR count). The Morgan fingerprint density at radius 2 is 2.20 bits per heavy atom. The van der Waals surface area contributed by atoms with Crippen LogP contribution in [0.1, 0.15) is 20.8 Å². The molecular weight excluding hydrogens is 198 g/mol. The molecule has 1 aliphatic rings. The van der Waals surface area contributed by atoms with Crippen molar-refractivity contribution < 1.29 is 19.4 Å². The second-order valence-electron chi connectivity index (χ2n) is 4.95. The summed E-state index contributed by atoms with van der Waals surface area (Å²) in [5.41, 5.74) is -0.110. The van der Waals surface area contributed by atoms with E-state index in [1.807, 2.05) is 20.8 Å². The Kier molecular flexibility index (Phi) is 3.34. The van der Waals surface area contributed by atoms with Crippen LogP contribution in [0.3, 0.4) is 0 Å². The molecule has 1 heterocycles. The van der Waals surface area contributed by atoms with Crippen molar-refractivity contribution in [2.75, 3.05) is 19.8 Å². The molecule has 1 unspecified atom stereocenters. The zero-order valence-corrected chi connectivity index (χ0v) is 9.32. The summed E-state index contributed by atoms with van der Waals surface area (Å²) in [7, 11) is 0. The second kappa shape index (κ2) is 4.18. The second-order valence-corrected chi connectivity index (χ2v) is 4.95. The Morgan fingerprint density at radius 1 is 1.60 bits per heavy atom. The standard InChI is InChI=1S/C10H17NO4/c1-10(2,3)6-11-7(9(13)14)4-15-5-8(11)12/h7H,4-6H2,1-3H3,(H,13,14). The van der Waals surface area contributed by atoms with E-state index in [1.165, 1.54) is 4.90 Å². The molecule has 1 fully saturated rings. The number of carbonyl (C=O) groups excluding carboxylic acids is 1. The lowest BCUT2D eigenvalue weighted by atomic mass is 9.95. The van der Waals surface area contributed by atoms with Gasteiger partial charge in [0.05, 0.1) is 6.61 Å². The number of aliphatic carboxylic acids is 1. The molecule has 0 saturated carbocycles. The first-order valence-electron chi connectivity index (χ1n) is 4.91. The topological polar surface area (TPSA) is 66.8 Å². The summed E-state index contributed by atoms with van der Waals surface area (Å²) in [6.45, 7) is 6.40. The van der Waals surface area contributed by atoms with Crippen LogP contribution in [0.15, 0.2) is 0 Å². The number of hydrogen-bond acceptors (Lipinski definition) is 3. The van der Waals surface area contributed by atoms with Gasteiger partial charge in [-0.3, -0.25) is 4.79 Å². The molecule has 0 aromatic heterocycles. The summed E-state index contributed by atoms with van der Waals surface area (Å²) in [6, 6.07) is -0.842. The largest absolute Gasteiger partial charge is 0.480 e. The maximum atomic E-state index is 11.5. The molecule has 0 spiro atoms. The van der Waals surface area contributed by atoms with Gasteiger partial charge >= 0.3 is 5.97 Å². The van der Waals surface area contributed by atoms with Crippen molar-refractivity contribution in [3.63, 3.8) is 0 Å². The predicted octanol–water partition coefficient (Wildman–Crippen LogP) is 0.344. The van der Waals surface area contributed by atoms with Crippen LogP contribution in [-0.4, -0.2) is 47.7 Å². The number of rotatable bonds is 2. The minimum absolute atomic E-state index is 0.0140. The third-order valence-electron chi connectivity index (χ3n) is 2.13. The molecular formula is C10H17NO4. The van der Waals surface area contributed by atoms with Crippen LogP contribution in [0.5, 0.6) is 0 Å². The highest BCUT2D eigenvalue weighted by molar-refractivity contribution is 5.85. The van der Waals surface area contributed by atoms with Crippen molar-refractivity contribution in [3.05, 3.63) is 0 Å². The average Bonchev–Trinajstić information content (AvgIpc) is 2.05. The molecule has 15 heavy (non-hydrogen) atoms. The van der Waals surface area contributed by atoms with Gasteiger partial charge in [-0.25, -0.2) is 4.79 Å². The van der Waals surface area contributed by atoms with Crippen LogP contribution >= 0.6 is 0 Å². The molecule has 1 aliphatic heterocycles. The van der Waals surface area contributed by atoms with Crippen molar-refractivity contribution in [1.82, 2.24) is 4.90 Å². The van der Waals surface area contributed by atoms with Gasteiger partial charge in [0.15, 0.2) is 6.04 Å². The van der Waals surface area contributed by atoms with Crippen molar-refractivity contribution in [3.8, 4) is 0 Å². The lowest BCUT2D eigenvalue weighted by Gasteiger charge is -2.36. The van der Waals surface area contributed by atoms with Crippen molar-refractivity contribution in [2.45, 2.75) is 26.8 Å². The first-order valence-corrected chi connectivity index (χ1v) is 4.91. The van der Waals surface area contributed by atoms with Gasteiger partial charge in [0.1, 0.15) is 6.61 Å². The highest BCUT2D eigenvalue weighted by Crippen LogP contribution is 2.19. The van der Waals surface area contributed by atoms with Gasteiger partial charge in [-0.15, -0.1) is 0 Å². The van der Waals surface area contributed by atoms with E-state index in [0.29, 0.717) is 6.54 Å². The third-order valence-corrected chi connectivity index (χ3v) is 2.13. The minimum Gasteiger partial charge on any atom is -0.480 e. The number of amides is 1. The van der Waals surface area contributed by atoms with Crippen LogP contribution < -0.4 is 0 Å². The number of carboxylic acids is 1. The minimum atomic E-state index is -1.01. The fourth-order valence-electron chi connectivity index (χ4n) is 1.52. The molecule has 0 aromatic carbocycles. The van der Waals surface area contributed by atoms with Gasteiger partial charge < -0.3 is 14.7 Å². The Balaban J connectivity index is 2.78. The molecule has 5 heteroatoms. The Bertz CT molecular complexity index is 269. The zero-order valence-electron chi connectivity index (χ0n) is 9.32. The van der Waals surface area contributed by atoms with Crippen molar-refractivity contribution >= 4 is 11.9 Å². The summed E-state index contributed by atoms with van der Waals surface area (Å²) in [6.07, 6.45) is 0. The lowest BCUT2D eigenvalue weighted by molar-refractivity contribution is -0.164. The van der Waals surface area contributed by atoms with E-state index in [2.05, 4.69) is 0 Å². The molecule has 1 amide bonds. The fourth-order valence-corrected chi connectivity index (χ4v) is 1.52. The summed E-state index contributed by atoms with van der Waals surface area (Å²) in [5, 5.41) is 8.95. The SMILES string of the molecule is CC(C)(C)CN1C(=O)COCC1C(=O)O. The van der Waals surface area contributed by atoms with E-state index in [-0.39, 0.29) is 24.5 Å². The molecule has 5 nitrogen and oxygen atoms in total. The highest BCUT2D eigenvalue weighted by Gasteiger charge is 2.35. The summed E-state index contributed by atoms with van der Waals surface area (Å²) in [5.74, 6) is -1.25. The normalized spacial score (nSPS) is 23.0.